The topological polar surface area (TPSA) is 68.3 Å². The number of rotatable bonds is 8. The molecule has 0 saturated heterocycles. The molecule has 0 radical (unpaired) electrons. The molecule has 0 aliphatic carbocycles. The van der Waals surface area contributed by atoms with E-state index in [0.717, 1.165) is 28.6 Å². The van der Waals surface area contributed by atoms with Crippen LogP contribution >= 0.6 is 11.3 Å². The van der Waals surface area contributed by atoms with Crippen molar-refractivity contribution in [3.05, 3.63) is 29.3 Å². The number of carbonyl (C=O) groups is 2. The van der Waals surface area contributed by atoms with Crippen molar-refractivity contribution in [2.75, 3.05) is 6.61 Å². The molecule has 0 aliphatic heterocycles. The Morgan fingerprint density at radius 3 is 2.91 bits per heavy atom. The van der Waals surface area contributed by atoms with Crippen molar-refractivity contribution in [1.29, 1.82) is 0 Å². The Morgan fingerprint density at radius 1 is 1.35 bits per heavy atom. The molecule has 1 amide bonds. The number of nitrogens with one attached hydrogen (secondary N) is 1. The number of carbonyl (C=O) groups excluding carboxylic acids is 2. The van der Waals surface area contributed by atoms with E-state index < -0.39 is 6.04 Å². The van der Waals surface area contributed by atoms with Gasteiger partial charge in [0.15, 0.2) is 0 Å². The number of hydrogen-bond acceptors (Lipinski definition) is 5. The number of hydrogen-bond donors (Lipinski definition) is 1. The van der Waals surface area contributed by atoms with Gasteiger partial charge in [-0.05, 0) is 24.5 Å². The molecule has 1 N–H and O–H groups in total. The summed E-state index contributed by atoms with van der Waals surface area (Å²) in [4.78, 5) is 28.5. The van der Waals surface area contributed by atoms with E-state index in [0.29, 0.717) is 13.0 Å². The zero-order valence-corrected chi connectivity index (χ0v) is 14.3. The van der Waals surface area contributed by atoms with E-state index in [2.05, 4.69) is 10.3 Å². The number of benzene rings is 1. The Hall–Kier alpha value is -1.95. The Labute approximate surface area is 140 Å². The van der Waals surface area contributed by atoms with Gasteiger partial charge in [0, 0.05) is 0 Å². The fraction of sp³-hybridized carbons (Fsp3) is 0.471. The zero-order valence-electron chi connectivity index (χ0n) is 13.5. The van der Waals surface area contributed by atoms with Gasteiger partial charge >= 0.3 is 5.97 Å². The molecule has 1 unspecified atom stereocenters. The minimum Gasteiger partial charge on any atom is -0.464 e. The van der Waals surface area contributed by atoms with Crippen LogP contribution in [0.2, 0.25) is 0 Å². The second kappa shape index (κ2) is 8.62. The number of thiazole rings is 1. The van der Waals surface area contributed by atoms with Crippen molar-refractivity contribution in [1.82, 2.24) is 10.3 Å². The number of aromatic nitrogens is 1. The maximum Gasteiger partial charge on any atom is 0.328 e. The van der Waals surface area contributed by atoms with E-state index >= 15 is 0 Å². The molecular weight excluding hydrogens is 312 g/mol. The Balaban J connectivity index is 1.94. The Kier molecular flexibility index (Phi) is 6.52. The standard InChI is InChI=1S/C17H22N2O3S/c1-3-5-9-22-17(21)13(4-2)19-15(20)10-12-7-6-8-14-16(12)18-11-23-14/h6-8,11,13H,3-5,9-10H2,1-2H3,(H,19,20). The third kappa shape index (κ3) is 4.76. The lowest BCUT2D eigenvalue weighted by molar-refractivity contribution is -0.148. The van der Waals surface area contributed by atoms with E-state index in [1.54, 1.807) is 16.8 Å². The Morgan fingerprint density at radius 2 is 2.17 bits per heavy atom. The average molecular weight is 334 g/mol. The highest BCUT2D eigenvalue weighted by Crippen LogP contribution is 2.21. The second-order valence-corrected chi connectivity index (χ2v) is 6.23. The summed E-state index contributed by atoms with van der Waals surface area (Å²) in [6.07, 6.45) is 2.52. The van der Waals surface area contributed by atoms with E-state index in [-0.39, 0.29) is 18.3 Å². The molecule has 6 heteroatoms. The molecular formula is C17H22N2O3S. The second-order valence-electron chi connectivity index (χ2n) is 5.34. The molecule has 1 atom stereocenters. The van der Waals surface area contributed by atoms with Gasteiger partial charge in [0.25, 0.3) is 0 Å². The van der Waals surface area contributed by atoms with Crippen LogP contribution in [0.1, 0.15) is 38.7 Å². The highest BCUT2D eigenvalue weighted by molar-refractivity contribution is 7.16. The maximum absolute atomic E-state index is 12.2. The third-order valence-electron chi connectivity index (χ3n) is 3.57. The van der Waals surface area contributed by atoms with Crippen LogP contribution in [0.3, 0.4) is 0 Å². The first-order valence-corrected chi connectivity index (χ1v) is 8.80. The van der Waals surface area contributed by atoms with Gasteiger partial charge in [-0.15, -0.1) is 11.3 Å². The van der Waals surface area contributed by atoms with Crippen LogP contribution in [0.25, 0.3) is 10.2 Å². The molecule has 2 aromatic rings. The van der Waals surface area contributed by atoms with Crippen molar-refractivity contribution < 1.29 is 14.3 Å². The third-order valence-corrected chi connectivity index (χ3v) is 4.36. The summed E-state index contributed by atoms with van der Waals surface area (Å²) < 4.78 is 6.24. The lowest BCUT2D eigenvalue weighted by atomic mass is 10.1. The Bertz CT molecular complexity index is 669. The number of fused-ring (bicyclic) bond motifs is 1. The molecule has 0 fully saturated rings. The number of unbranched alkanes of at least 4 members (excludes halogenated alkanes) is 1. The lowest BCUT2D eigenvalue weighted by Gasteiger charge is -2.16. The van der Waals surface area contributed by atoms with Crippen LogP contribution in [0.4, 0.5) is 0 Å². The van der Waals surface area contributed by atoms with E-state index in [9.17, 15) is 9.59 Å². The summed E-state index contributed by atoms with van der Waals surface area (Å²) >= 11 is 1.55. The molecule has 1 heterocycles. The van der Waals surface area contributed by atoms with Crippen molar-refractivity contribution in [3.63, 3.8) is 0 Å². The van der Waals surface area contributed by atoms with Crippen LogP contribution in [0, 0.1) is 0 Å². The van der Waals surface area contributed by atoms with Gasteiger partial charge in [0.1, 0.15) is 6.04 Å². The molecule has 0 saturated carbocycles. The highest BCUT2D eigenvalue weighted by atomic mass is 32.1. The molecule has 0 bridgehead atoms. The minimum absolute atomic E-state index is 0.190. The summed E-state index contributed by atoms with van der Waals surface area (Å²) in [7, 11) is 0. The molecule has 0 aliphatic rings. The molecule has 5 nitrogen and oxygen atoms in total. The first kappa shape index (κ1) is 17.4. The van der Waals surface area contributed by atoms with E-state index in [4.69, 9.17) is 4.74 Å². The zero-order chi connectivity index (χ0) is 16.7. The first-order valence-electron chi connectivity index (χ1n) is 7.92. The normalized spacial score (nSPS) is 12.1. The first-order chi connectivity index (χ1) is 11.2. The number of para-hydroxylation sites is 1. The van der Waals surface area contributed by atoms with E-state index in [1.807, 2.05) is 32.0 Å². The largest absolute Gasteiger partial charge is 0.464 e. The van der Waals surface area contributed by atoms with Gasteiger partial charge in [-0.1, -0.05) is 32.4 Å². The van der Waals surface area contributed by atoms with Crippen molar-refractivity contribution >= 4 is 33.4 Å². The summed E-state index contributed by atoms with van der Waals surface area (Å²) in [5.41, 5.74) is 3.49. The molecule has 1 aromatic heterocycles. The number of nitrogens with zero attached hydrogens (tertiary/aromatic N) is 1. The van der Waals surface area contributed by atoms with Gasteiger partial charge in [-0.25, -0.2) is 9.78 Å². The van der Waals surface area contributed by atoms with Crippen LogP contribution in [0.15, 0.2) is 23.7 Å². The fourth-order valence-electron chi connectivity index (χ4n) is 2.25. The van der Waals surface area contributed by atoms with Gasteiger partial charge in [0.2, 0.25) is 5.91 Å². The fourth-order valence-corrected chi connectivity index (χ4v) is 2.98. The lowest BCUT2D eigenvalue weighted by Crippen LogP contribution is -2.42. The minimum atomic E-state index is -0.589. The highest BCUT2D eigenvalue weighted by Gasteiger charge is 2.20. The van der Waals surface area contributed by atoms with Crippen molar-refractivity contribution in [2.45, 2.75) is 45.6 Å². The smallest absolute Gasteiger partial charge is 0.328 e. The summed E-state index contributed by atoms with van der Waals surface area (Å²) in [5, 5.41) is 2.76. The monoisotopic (exact) mass is 334 g/mol. The number of ether oxygens (including phenoxy) is 1. The van der Waals surface area contributed by atoms with Crippen LogP contribution < -0.4 is 5.32 Å². The van der Waals surface area contributed by atoms with Crippen molar-refractivity contribution in [2.24, 2.45) is 0 Å². The number of esters is 1. The van der Waals surface area contributed by atoms with Gasteiger partial charge < -0.3 is 10.1 Å². The summed E-state index contributed by atoms with van der Waals surface area (Å²) in [6.45, 7) is 4.29. The van der Waals surface area contributed by atoms with Crippen LogP contribution in [-0.4, -0.2) is 29.5 Å². The molecule has 2 rings (SSSR count). The van der Waals surface area contributed by atoms with Gasteiger partial charge in [0.05, 0.1) is 28.8 Å². The summed E-state index contributed by atoms with van der Waals surface area (Å²) in [6, 6.07) is 5.20. The van der Waals surface area contributed by atoms with Crippen molar-refractivity contribution in [3.8, 4) is 0 Å². The molecule has 1 aromatic carbocycles. The van der Waals surface area contributed by atoms with Crippen LogP contribution in [0.5, 0.6) is 0 Å². The molecule has 0 spiro atoms. The number of amides is 1. The summed E-state index contributed by atoms with van der Waals surface area (Å²) in [5.74, 6) is -0.550. The molecule has 23 heavy (non-hydrogen) atoms. The quantitative estimate of drug-likeness (QED) is 0.595. The average Bonchev–Trinajstić information content (AvgIpc) is 3.02. The SMILES string of the molecule is CCCCOC(=O)C(CC)NC(=O)Cc1cccc2scnc12. The maximum atomic E-state index is 12.2. The predicted octanol–water partition coefficient (Wildman–Crippen LogP) is 3.08. The van der Waals surface area contributed by atoms with Gasteiger partial charge in [-0.2, -0.15) is 0 Å². The molecule has 124 valence electrons. The van der Waals surface area contributed by atoms with E-state index in [1.165, 1.54) is 0 Å². The predicted molar refractivity (Wildman–Crippen MR) is 91.4 cm³/mol. The van der Waals surface area contributed by atoms with Gasteiger partial charge in [-0.3, -0.25) is 4.79 Å². The van der Waals surface area contributed by atoms with Crippen LogP contribution in [-0.2, 0) is 20.7 Å².